The summed E-state index contributed by atoms with van der Waals surface area (Å²) in [7, 11) is 1.52. The maximum absolute atomic E-state index is 13.2. The van der Waals surface area contributed by atoms with E-state index in [-0.39, 0.29) is 23.8 Å². The number of carbonyl (C=O) groups is 3. The van der Waals surface area contributed by atoms with E-state index in [1.807, 2.05) is 24.3 Å². The minimum Gasteiger partial charge on any atom is -0.507 e. The Morgan fingerprint density at radius 2 is 1.89 bits per heavy atom. The number of nitrogens with zero attached hydrogens (tertiary/aromatic N) is 1. The van der Waals surface area contributed by atoms with Crippen molar-refractivity contribution in [1.29, 1.82) is 0 Å². The number of phenolic OH excluding ortho intramolecular Hbond substituents is 1. The van der Waals surface area contributed by atoms with Crippen LogP contribution in [0, 0.1) is 0 Å². The van der Waals surface area contributed by atoms with Crippen molar-refractivity contribution in [3.8, 4) is 5.75 Å². The summed E-state index contributed by atoms with van der Waals surface area (Å²) in [5.74, 6) is -1.43. The number of hydrogen-bond acceptors (Lipinski definition) is 4. The molecule has 0 saturated heterocycles. The monoisotopic (exact) mass is 379 g/mol. The van der Waals surface area contributed by atoms with E-state index in [1.54, 1.807) is 0 Å². The first-order chi connectivity index (χ1) is 13.4. The minimum absolute atomic E-state index is 0.00939. The van der Waals surface area contributed by atoms with Gasteiger partial charge in [0.05, 0.1) is 5.56 Å². The molecule has 3 N–H and O–H groups in total. The van der Waals surface area contributed by atoms with Crippen LogP contribution in [0.1, 0.15) is 21.5 Å². The molecule has 0 bridgehead atoms. The van der Waals surface area contributed by atoms with E-state index >= 15 is 0 Å². The number of amides is 3. The fourth-order valence-corrected chi connectivity index (χ4v) is 3.27. The molecule has 1 atom stereocenters. The second-order valence-electron chi connectivity index (χ2n) is 6.46. The number of phenols is 1. The topological polar surface area (TPSA) is 98.7 Å². The van der Waals surface area contributed by atoms with Crippen LogP contribution in [-0.4, -0.2) is 40.8 Å². The predicted molar refractivity (Wildman–Crippen MR) is 105 cm³/mol. The van der Waals surface area contributed by atoms with Gasteiger partial charge >= 0.3 is 0 Å². The molecule has 1 aliphatic heterocycles. The molecule has 1 heterocycles. The zero-order chi connectivity index (χ0) is 20.3. The van der Waals surface area contributed by atoms with E-state index in [9.17, 15) is 19.5 Å². The lowest BCUT2D eigenvalue weighted by Crippen LogP contribution is -2.51. The zero-order valence-corrected chi connectivity index (χ0v) is 15.4. The number of nitrogens with one attached hydrogen (secondary N) is 2. The lowest BCUT2D eigenvalue weighted by atomic mass is 9.92. The molecule has 0 spiro atoms. The summed E-state index contributed by atoms with van der Waals surface area (Å²) in [4.78, 5) is 38.6. The van der Waals surface area contributed by atoms with Crippen molar-refractivity contribution >= 4 is 23.4 Å². The van der Waals surface area contributed by atoms with Crippen molar-refractivity contribution in [3.63, 3.8) is 0 Å². The second-order valence-corrected chi connectivity index (χ2v) is 6.46. The molecule has 0 fully saturated rings. The zero-order valence-electron chi connectivity index (χ0n) is 15.4. The van der Waals surface area contributed by atoms with E-state index < -0.39 is 17.9 Å². The average Bonchev–Trinajstić information content (AvgIpc) is 2.72. The first kappa shape index (κ1) is 19.2. The van der Waals surface area contributed by atoms with Crippen molar-refractivity contribution in [2.75, 3.05) is 12.4 Å². The van der Waals surface area contributed by atoms with Crippen molar-refractivity contribution in [3.05, 3.63) is 71.8 Å². The Bertz CT molecular complexity index is 954. The molecule has 2 aromatic rings. The molecular weight excluding hydrogens is 358 g/mol. The third-order valence-corrected chi connectivity index (χ3v) is 4.74. The molecule has 7 nitrogen and oxygen atoms in total. The number of fused-ring (bicyclic) bond motifs is 1. The van der Waals surface area contributed by atoms with Gasteiger partial charge in [-0.25, -0.2) is 0 Å². The summed E-state index contributed by atoms with van der Waals surface area (Å²) < 4.78 is 0. The average molecular weight is 379 g/mol. The molecule has 144 valence electrons. The molecule has 0 radical (unpaired) electrons. The van der Waals surface area contributed by atoms with Crippen LogP contribution in [0.15, 0.2) is 55.1 Å². The number of carbonyl (C=O) groups excluding carboxylic acids is 3. The highest BCUT2D eigenvalue weighted by Crippen LogP contribution is 2.29. The van der Waals surface area contributed by atoms with Gasteiger partial charge in [-0.3, -0.25) is 14.4 Å². The van der Waals surface area contributed by atoms with E-state index in [4.69, 9.17) is 0 Å². The maximum atomic E-state index is 13.2. The number of hydrogen-bond donors (Lipinski definition) is 3. The van der Waals surface area contributed by atoms with Crippen molar-refractivity contribution in [1.82, 2.24) is 10.2 Å². The Morgan fingerprint density at radius 1 is 1.18 bits per heavy atom. The SMILES string of the molecule is C=CC(=O)Nc1ccc(O)c(C(=O)N2Cc3ccccc3C[C@H]2C(=O)NC)c1. The third-order valence-electron chi connectivity index (χ3n) is 4.74. The number of rotatable bonds is 4. The van der Waals surface area contributed by atoms with Crippen molar-refractivity contribution < 1.29 is 19.5 Å². The van der Waals surface area contributed by atoms with E-state index in [2.05, 4.69) is 17.2 Å². The van der Waals surface area contributed by atoms with Gasteiger partial charge in [-0.1, -0.05) is 30.8 Å². The lowest BCUT2D eigenvalue weighted by Gasteiger charge is -2.36. The van der Waals surface area contributed by atoms with Gasteiger partial charge in [0.25, 0.3) is 5.91 Å². The largest absolute Gasteiger partial charge is 0.507 e. The smallest absolute Gasteiger partial charge is 0.258 e. The highest BCUT2D eigenvalue weighted by molar-refractivity contribution is 6.03. The number of aromatic hydroxyl groups is 1. The van der Waals surface area contributed by atoms with Crippen LogP contribution < -0.4 is 10.6 Å². The summed E-state index contributed by atoms with van der Waals surface area (Å²) in [5.41, 5.74) is 2.32. The molecular formula is C21H21N3O4. The molecule has 28 heavy (non-hydrogen) atoms. The molecule has 7 heteroatoms. The summed E-state index contributed by atoms with van der Waals surface area (Å²) >= 11 is 0. The molecule has 3 rings (SSSR count). The lowest BCUT2D eigenvalue weighted by molar-refractivity contribution is -0.125. The summed E-state index contributed by atoms with van der Waals surface area (Å²) in [6.45, 7) is 3.63. The van der Waals surface area contributed by atoms with Crippen LogP contribution in [0.2, 0.25) is 0 Å². The Balaban J connectivity index is 1.97. The van der Waals surface area contributed by atoms with Crippen LogP contribution in [-0.2, 0) is 22.6 Å². The van der Waals surface area contributed by atoms with Gasteiger partial charge in [-0.05, 0) is 35.4 Å². The van der Waals surface area contributed by atoms with Crippen LogP contribution >= 0.6 is 0 Å². The van der Waals surface area contributed by atoms with E-state index in [0.717, 1.165) is 17.2 Å². The quantitative estimate of drug-likeness (QED) is 0.557. The van der Waals surface area contributed by atoms with Gasteiger partial charge in [0.15, 0.2) is 0 Å². The summed E-state index contributed by atoms with van der Waals surface area (Å²) in [5, 5.41) is 15.4. The number of likely N-dealkylation sites (N-methyl/N-ethyl adjacent to an activating group) is 1. The van der Waals surface area contributed by atoms with Crippen molar-refractivity contribution in [2.24, 2.45) is 0 Å². The standard InChI is InChI=1S/C21H21N3O4/c1-3-19(26)23-15-8-9-18(25)16(11-15)21(28)24-12-14-7-5-4-6-13(14)10-17(24)20(27)22-2/h3-9,11,17,25H,1,10,12H2,2H3,(H,22,27)(H,23,26)/t17-/m0/s1. The summed E-state index contributed by atoms with van der Waals surface area (Å²) in [6.07, 6.45) is 1.49. The highest BCUT2D eigenvalue weighted by atomic mass is 16.3. The van der Waals surface area contributed by atoms with Gasteiger partial charge in [-0.2, -0.15) is 0 Å². The predicted octanol–water partition coefficient (Wildman–Crippen LogP) is 1.83. The Kier molecular flexibility index (Phi) is 5.44. The molecule has 1 aliphatic rings. The van der Waals surface area contributed by atoms with Crippen LogP contribution in [0.3, 0.4) is 0 Å². The molecule has 0 saturated carbocycles. The fraction of sp³-hybridized carbons (Fsp3) is 0.190. The second kappa shape index (κ2) is 7.96. The van der Waals surface area contributed by atoms with Gasteiger partial charge in [0.2, 0.25) is 11.8 Å². The Morgan fingerprint density at radius 3 is 2.57 bits per heavy atom. The van der Waals surface area contributed by atoms with Gasteiger partial charge in [-0.15, -0.1) is 0 Å². The van der Waals surface area contributed by atoms with Crippen molar-refractivity contribution in [2.45, 2.75) is 19.0 Å². The van der Waals surface area contributed by atoms with Crippen LogP contribution in [0.5, 0.6) is 5.75 Å². The van der Waals surface area contributed by atoms with Gasteiger partial charge < -0.3 is 20.6 Å². The molecule has 0 unspecified atom stereocenters. The van der Waals surface area contributed by atoms with Crippen LogP contribution in [0.25, 0.3) is 0 Å². The Labute approximate surface area is 162 Å². The number of benzene rings is 2. The molecule has 2 aromatic carbocycles. The van der Waals surface area contributed by atoms with Crippen LogP contribution in [0.4, 0.5) is 5.69 Å². The first-order valence-electron chi connectivity index (χ1n) is 8.80. The molecule has 3 amide bonds. The highest BCUT2D eigenvalue weighted by Gasteiger charge is 2.35. The van der Waals surface area contributed by atoms with Gasteiger partial charge in [0.1, 0.15) is 11.8 Å². The van der Waals surface area contributed by atoms with E-state index in [0.29, 0.717) is 12.1 Å². The van der Waals surface area contributed by atoms with Gasteiger partial charge in [0, 0.05) is 25.7 Å². The third kappa shape index (κ3) is 3.73. The molecule has 0 aromatic heterocycles. The first-order valence-corrected chi connectivity index (χ1v) is 8.80. The summed E-state index contributed by atoms with van der Waals surface area (Å²) in [6, 6.07) is 11.1. The minimum atomic E-state index is -0.696. The van der Waals surface area contributed by atoms with E-state index in [1.165, 1.54) is 30.1 Å². The normalized spacial score (nSPS) is 15.3. The molecule has 0 aliphatic carbocycles. The fourth-order valence-electron chi connectivity index (χ4n) is 3.27. The number of anilines is 1. The maximum Gasteiger partial charge on any atom is 0.258 e. The Hall–Kier alpha value is -3.61.